The fourth-order valence-electron chi connectivity index (χ4n) is 3.20. The number of nitrogen functional groups attached to an aromatic ring is 1. The lowest BCUT2D eigenvalue weighted by atomic mass is 10.3. The minimum Gasteiger partial charge on any atom is -0.439 e. The van der Waals surface area contributed by atoms with E-state index in [0.29, 0.717) is 40.9 Å². The zero-order valence-corrected chi connectivity index (χ0v) is 20.2. The maximum absolute atomic E-state index is 11.3. The summed E-state index contributed by atoms with van der Waals surface area (Å²) >= 11 is 0. The molecule has 0 aliphatic carbocycles. The van der Waals surface area contributed by atoms with Crippen molar-refractivity contribution < 1.29 is 14.2 Å². The highest BCUT2D eigenvalue weighted by Gasteiger charge is 2.19. The molecule has 0 radical (unpaired) electrons. The number of benzene rings is 1. The maximum atomic E-state index is 11.3. The second kappa shape index (κ2) is 12.1. The van der Waals surface area contributed by atoms with Crippen LogP contribution in [0.25, 0.3) is 22.6 Å². The smallest absolute Gasteiger partial charge is 0.221 e. The number of carbonyl (C=O) groups excluding carboxylic acids is 1. The molecule has 0 saturated heterocycles. The van der Waals surface area contributed by atoms with Gasteiger partial charge in [-0.15, -0.1) is 0 Å². The van der Waals surface area contributed by atoms with E-state index in [1.165, 1.54) is 6.92 Å². The molecule has 3 heterocycles. The predicted octanol–water partition coefficient (Wildman–Crippen LogP) is 5.36. The lowest BCUT2D eigenvalue weighted by Gasteiger charge is -2.08. The lowest BCUT2D eigenvalue weighted by Crippen LogP contribution is -2.05. The monoisotopic (exact) mass is 475 g/mol. The predicted molar refractivity (Wildman–Crippen MR) is 136 cm³/mol. The van der Waals surface area contributed by atoms with Gasteiger partial charge in [-0.25, -0.2) is 14.6 Å². The van der Waals surface area contributed by atoms with Crippen LogP contribution in [-0.4, -0.2) is 30.8 Å². The van der Waals surface area contributed by atoms with Crippen molar-refractivity contribution in [3.8, 4) is 23.1 Å². The van der Waals surface area contributed by atoms with Gasteiger partial charge in [-0.1, -0.05) is 51.1 Å². The summed E-state index contributed by atoms with van der Waals surface area (Å²) in [5.41, 5.74) is 8.33. The van der Waals surface area contributed by atoms with Gasteiger partial charge in [0.05, 0.1) is 11.7 Å². The van der Waals surface area contributed by atoms with Crippen molar-refractivity contribution in [3.05, 3.63) is 60.8 Å². The third-order valence-corrected chi connectivity index (χ3v) is 4.62. The van der Waals surface area contributed by atoms with Gasteiger partial charge < -0.3 is 20.4 Å². The van der Waals surface area contributed by atoms with Crippen LogP contribution in [-0.2, 0) is 11.3 Å². The molecule has 10 heteroatoms. The number of nitrogens with zero attached hydrogens (tertiary/aromatic N) is 5. The first kappa shape index (κ1) is 25.2. The molecule has 0 fully saturated rings. The van der Waals surface area contributed by atoms with Crippen LogP contribution in [0.1, 0.15) is 34.1 Å². The lowest BCUT2D eigenvalue weighted by molar-refractivity contribution is -0.114. The number of hydrogen-bond donors (Lipinski definition) is 2. The van der Waals surface area contributed by atoms with E-state index in [1.807, 2.05) is 36.6 Å². The molecule has 182 valence electrons. The van der Waals surface area contributed by atoms with E-state index in [-0.39, 0.29) is 11.7 Å². The Kier molecular flexibility index (Phi) is 8.71. The number of hydrogen-bond acceptors (Lipinski definition) is 8. The van der Waals surface area contributed by atoms with Crippen LogP contribution < -0.4 is 15.8 Å². The molecule has 0 aliphatic heterocycles. The summed E-state index contributed by atoms with van der Waals surface area (Å²) in [6, 6.07) is 8.86. The average Bonchev–Trinajstić information content (AvgIpc) is 3.43. The maximum Gasteiger partial charge on any atom is 0.221 e. The fraction of sp³-hybridized carbons (Fsp3) is 0.240. The average molecular weight is 476 g/mol. The van der Waals surface area contributed by atoms with Crippen molar-refractivity contribution in [3.63, 3.8) is 0 Å². The van der Waals surface area contributed by atoms with E-state index in [1.54, 1.807) is 36.5 Å². The highest BCUT2D eigenvalue weighted by molar-refractivity contribution is 5.88. The number of allylic oxidation sites excluding steroid dienone is 4. The van der Waals surface area contributed by atoms with Gasteiger partial charge in [0.25, 0.3) is 0 Å². The Morgan fingerprint density at radius 2 is 2.00 bits per heavy atom. The van der Waals surface area contributed by atoms with Gasteiger partial charge >= 0.3 is 0 Å². The Hall–Kier alpha value is -4.47. The van der Waals surface area contributed by atoms with Gasteiger partial charge in [0, 0.05) is 31.3 Å². The number of nitrogens with one attached hydrogen (secondary N) is 1. The van der Waals surface area contributed by atoms with Crippen molar-refractivity contribution in [2.24, 2.45) is 0 Å². The van der Waals surface area contributed by atoms with Crippen LogP contribution in [0.3, 0.4) is 0 Å². The summed E-state index contributed by atoms with van der Waals surface area (Å²) in [6.45, 7) is 8.03. The van der Waals surface area contributed by atoms with Gasteiger partial charge in [-0.05, 0) is 28.9 Å². The molecule has 10 nitrogen and oxygen atoms in total. The Morgan fingerprint density at radius 3 is 2.71 bits per heavy atom. The molecule has 0 aliphatic rings. The molecule has 1 aromatic carbocycles. The topological polar surface area (TPSA) is 134 Å². The number of ether oxygens (including phenoxy) is 1. The van der Waals surface area contributed by atoms with Crippen molar-refractivity contribution in [2.75, 3.05) is 11.1 Å². The number of nitrogens with two attached hydrogens (primary N) is 1. The first-order valence-electron chi connectivity index (χ1n) is 11.4. The van der Waals surface area contributed by atoms with Gasteiger partial charge in [-0.2, -0.15) is 0 Å². The first-order chi connectivity index (χ1) is 17.0. The standard InChI is InChI=1S/C23H23N7O3.C2H6/c1-3-4-5-6-7-11-30-19-13-20(32-17-10-8-9-16(12-17)26-15(2)31)25-14-18(19)27-23(30)21-22(24)29-33-28-21;1-2/h4-10,12-14H,3,11H2,1-2H3,(H2,24,29)(H,26,31);1-2H3/b5-4-,7-6-;. The Balaban J connectivity index is 0.00000167. The summed E-state index contributed by atoms with van der Waals surface area (Å²) < 4.78 is 12.6. The first-order valence-corrected chi connectivity index (χ1v) is 11.4. The van der Waals surface area contributed by atoms with E-state index in [2.05, 4.69) is 38.6 Å². The number of rotatable bonds is 8. The largest absolute Gasteiger partial charge is 0.439 e. The molecule has 0 bridgehead atoms. The SMILES string of the molecule is CC.CC/C=C\C=C/Cn1c(-c2nonc2N)nc2cnc(Oc3cccc(NC(C)=O)c3)cc21. The van der Waals surface area contributed by atoms with Crippen LogP contribution in [0.4, 0.5) is 11.5 Å². The molecule has 4 rings (SSSR count). The minimum absolute atomic E-state index is 0.153. The minimum atomic E-state index is -0.161. The summed E-state index contributed by atoms with van der Waals surface area (Å²) in [6.07, 6.45) is 10.6. The third kappa shape index (κ3) is 6.32. The molecule has 3 N–H and O–H groups in total. The highest BCUT2D eigenvalue weighted by Crippen LogP contribution is 2.30. The zero-order chi connectivity index (χ0) is 25.2. The van der Waals surface area contributed by atoms with Gasteiger partial charge in [-0.3, -0.25) is 4.79 Å². The fourth-order valence-corrected chi connectivity index (χ4v) is 3.20. The molecule has 4 aromatic rings. The van der Waals surface area contributed by atoms with Crippen molar-refractivity contribution in [1.82, 2.24) is 24.8 Å². The number of carbonyl (C=O) groups is 1. The highest BCUT2D eigenvalue weighted by atomic mass is 16.6. The summed E-state index contributed by atoms with van der Waals surface area (Å²) in [4.78, 5) is 20.3. The number of aromatic nitrogens is 5. The molecule has 35 heavy (non-hydrogen) atoms. The van der Waals surface area contributed by atoms with Gasteiger partial charge in [0.1, 0.15) is 11.3 Å². The van der Waals surface area contributed by atoms with E-state index in [9.17, 15) is 4.79 Å². The van der Waals surface area contributed by atoms with Crippen LogP contribution in [0.5, 0.6) is 11.6 Å². The Bertz CT molecular complexity index is 1340. The van der Waals surface area contributed by atoms with Crippen LogP contribution >= 0.6 is 0 Å². The number of pyridine rings is 1. The van der Waals surface area contributed by atoms with Gasteiger partial charge in [0.2, 0.25) is 11.8 Å². The molecular formula is C25H29N7O3. The molecule has 0 spiro atoms. The van der Waals surface area contributed by atoms with E-state index < -0.39 is 0 Å². The second-order valence-corrected chi connectivity index (χ2v) is 7.13. The summed E-state index contributed by atoms with van der Waals surface area (Å²) in [7, 11) is 0. The molecule has 3 aromatic heterocycles. The van der Waals surface area contributed by atoms with Gasteiger partial charge in [0.15, 0.2) is 17.3 Å². The third-order valence-electron chi connectivity index (χ3n) is 4.62. The van der Waals surface area contributed by atoms with Crippen molar-refractivity contribution in [1.29, 1.82) is 0 Å². The second-order valence-electron chi connectivity index (χ2n) is 7.13. The van der Waals surface area contributed by atoms with E-state index in [4.69, 9.17) is 15.1 Å². The Labute approximate surface area is 203 Å². The summed E-state index contributed by atoms with van der Waals surface area (Å²) in [5.74, 6) is 1.41. The Morgan fingerprint density at radius 1 is 1.20 bits per heavy atom. The van der Waals surface area contributed by atoms with E-state index >= 15 is 0 Å². The van der Waals surface area contributed by atoms with Crippen molar-refractivity contribution >= 4 is 28.4 Å². The summed E-state index contributed by atoms with van der Waals surface area (Å²) in [5, 5.41) is 10.3. The van der Waals surface area contributed by atoms with E-state index in [0.717, 1.165) is 11.9 Å². The number of imidazole rings is 1. The van der Waals surface area contributed by atoms with Crippen LogP contribution in [0, 0.1) is 0 Å². The van der Waals surface area contributed by atoms with Crippen LogP contribution in [0.2, 0.25) is 0 Å². The quantitative estimate of drug-likeness (QED) is 0.325. The van der Waals surface area contributed by atoms with Crippen LogP contribution in [0.15, 0.2) is 65.5 Å². The molecule has 1 amide bonds. The molecular weight excluding hydrogens is 446 g/mol. The normalized spacial score (nSPS) is 11.1. The number of amides is 1. The molecule has 0 atom stereocenters. The van der Waals surface area contributed by atoms with Crippen molar-refractivity contribution in [2.45, 2.75) is 40.7 Å². The molecule has 0 unspecified atom stereocenters. The zero-order valence-electron chi connectivity index (χ0n) is 20.2. The molecule has 0 saturated carbocycles. The number of anilines is 2. The number of fused-ring (bicyclic) bond motifs is 1.